The Kier molecular flexibility index (Phi) is 51.5. The first-order valence-electron chi connectivity index (χ1n) is 29.8. The van der Waals surface area contributed by atoms with Crippen LogP contribution in [0.5, 0.6) is 0 Å². The summed E-state index contributed by atoms with van der Waals surface area (Å²) >= 11 is 0. The third kappa shape index (κ3) is 54.9. The van der Waals surface area contributed by atoms with Crippen LogP contribution >= 0.6 is 0 Å². The lowest BCUT2D eigenvalue weighted by molar-refractivity contribution is -0.870. The first-order valence-corrected chi connectivity index (χ1v) is 29.8. The maximum atomic E-state index is 12.8. The van der Waals surface area contributed by atoms with Crippen molar-refractivity contribution in [2.45, 2.75) is 283 Å². The number of aliphatic carboxylic acids is 1. The summed E-state index contributed by atoms with van der Waals surface area (Å²) in [6, 6.07) is 0. The van der Waals surface area contributed by atoms with E-state index < -0.39 is 24.3 Å². The Morgan fingerprint density at radius 3 is 1.21 bits per heavy atom. The molecule has 0 aliphatic carbocycles. The van der Waals surface area contributed by atoms with E-state index in [1.807, 2.05) is 21.1 Å². The Hall–Kier alpha value is -2.75. The van der Waals surface area contributed by atoms with Crippen LogP contribution in [0.2, 0.25) is 0 Å². The average Bonchev–Trinajstić information content (AvgIpc) is 3.34. The number of unbranched alkanes of at least 4 members (excludes halogenated alkanes) is 32. The number of quaternary nitrogens is 1. The summed E-state index contributed by atoms with van der Waals surface area (Å²) in [6.45, 7) is 4.78. The van der Waals surface area contributed by atoms with Crippen molar-refractivity contribution in [2.24, 2.45) is 0 Å². The molecule has 0 saturated heterocycles. The quantitative estimate of drug-likeness (QED) is 0.0211. The molecule has 0 aromatic rings. The van der Waals surface area contributed by atoms with Crippen LogP contribution in [0, 0.1) is 0 Å². The summed E-state index contributed by atoms with van der Waals surface area (Å²) in [7, 11) is 5.97. The van der Waals surface area contributed by atoms with Crippen LogP contribution in [0.25, 0.3) is 0 Å². The molecule has 0 rings (SSSR count). The topological polar surface area (TPSA) is 108 Å². The first kappa shape index (κ1) is 68.2. The number of likely N-dealkylation sites (N-methyl/N-ethyl adjacent to an activating group) is 1. The molecular formula is C62H114NO8+. The van der Waals surface area contributed by atoms with Gasteiger partial charge in [0.1, 0.15) is 13.2 Å². The van der Waals surface area contributed by atoms with Gasteiger partial charge in [-0.1, -0.05) is 236 Å². The lowest BCUT2D eigenvalue weighted by atomic mass is 10.0. The standard InChI is InChI=1S/C62H113NO8/c1-6-8-10-12-14-16-18-20-22-24-25-26-27-28-29-30-31-32-33-34-35-37-38-40-42-44-46-48-50-52-59(64)69-56-58(57-70-62(61(66)67)68-55-54-63(3,4)5)71-60(65)53-51-49-47-45-43-41-39-36-23-21-19-17-15-13-11-9-7-2/h9,11,15,17,21,23-25,58,62H,6-8,10,12-14,16,18-20,22,26-57H2,1-5H3/p+1/b11-9-,17-15-,23-21-,25-24-. The van der Waals surface area contributed by atoms with Gasteiger partial charge >= 0.3 is 17.9 Å². The second kappa shape index (κ2) is 53.5. The molecule has 2 atom stereocenters. The summed E-state index contributed by atoms with van der Waals surface area (Å²) in [5, 5.41) is 9.70. The molecule has 0 bridgehead atoms. The van der Waals surface area contributed by atoms with Crippen LogP contribution in [0.15, 0.2) is 48.6 Å². The van der Waals surface area contributed by atoms with Crippen molar-refractivity contribution >= 4 is 17.9 Å². The number of carbonyl (C=O) groups is 3. The van der Waals surface area contributed by atoms with Gasteiger partial charge in [-0.3, -0.25) is 9.59 Å². The van der Waals surface area contributed by atoms with Gasteiger partial charge in [0.25, 0.3) is 6.29 Å². The van der Waals surface area contributed by atoms with Crippen molar-refractivity contribution in [3.63, 3.8) is 0 Å². The predicted molar refractivity (Wildman–Crippen MR) is 300 cm³/mol. The number of carboxylic acid groups (broad SMARTS) is 1. The number of hydrogen-bond donors (Lipinski definition) is 1. The maximum absolute atomic E-state index is 12.8. The number of ether oxygens (including phenoxy) is 4. The van der Waals surface area contributed by atoms with E-state index in [0.29, 0.717) is 23.9 Å². The number of esters is 2. The third-order valence-electron chi connectivity index (χ3n) is 13.1. The molecule has 0 aliphatic rings. The summed E-state index contributed by atoms with van der Waals surface area (Å²) < 4.78 is 22.9. The van der Waals surface area contributed by atoms with Gasteiger partial charge in [0.15, 0.2) is 6.10 Å². The Morgan fingerprint density at radius 1 is 0.437 bits per heavy atom. The third-order valence-corrected chi connectivity index (χ3v) is 13.1. The van der Waals surface area contributed by atoms with Crippen molar-refractivity contribution in [1.29, 1.82) is 0 Å². The Bertz CT molecular complexity index is 1300. The number of hydrogen-bond acceptors (Lipinski definition) is 7. The van der Waals surface area contributed by atoms with E-state index in [9.17, 15) is 19.5 Å². The zero-order chi connectivity index (χ0) is 52.0. The van der Waals surface area contributed by atoms with E-state index in [-0.39, 0.29) is 32.2 Å². The largest absolute Gasteiger partial charge is 0.477 e. The zero-order valence-electron chi connectivity index (χ0n) is 47.1. The summed E-state index contributed by atoms with van der Waals surface area (Å²) in [6.07, 6.45) is 63.5. The van der Waals surface area contributed by atoms with Gasteiger partial charge in [0.2, 0.25) is 0 Å². The minimum Gasteiger partial charge on any atom is -0.477 e. The molecule has 0 aromatic heterocycles. The molecule has 9 nitrogen and oxygen atoms in total. The van der Waals surface area contributed by atoms with Crippen molar-refractivity contribution in [3.8, 4) is 0 Å². The van der Waals surface area contributed by atoms with Crippen LogP contribution < -0.4 is 0 Å². The van der Waals surface area contributed by atoms with E-state index in [1.165, 1.54) is 173 Å². The minimum absolute atomic E-state index is 0.184. The molecule has 0 amide bonds. The minimum atomic E-state index is -1.51. The zero-order valence-corrected chi connectivity index (χ0v) is 47.1. The maximum Gasteiger partial charge on any atom is 0.361 e. The molecule has 1 N–H and O–H groups in total. The number of rotatable bonds is 55. The van der Waals surface area contributed by atoms with Gasteiger partial charge < -0.3 is 28.5 Å². The highest BCUT2D eigenvalue weighted by Gasteiger charge is 2.25. The Labute approximate surface area is 438 Å². The van der Waals surface area contributed by atoms with Gasteiger partial charge in [-0.15, -0.1) is 0 Å². The second-order valence-electron chi connectivity index (χ2n) is 21.3. The molecule has 71 heavy (non-hydrogen) atoms. The van der Waals surface area contributed by atoms with E-state index in [1.54, 1.807) is 0 Å². The molecule has 2 unspecified atom stereocenters. The van der Waals surface area contributed by atoms with Crippen LogP contribution in [0.3, 0.4) is 0 Å². The molecule has 0 aliphatic heterocycles. The molecule has 0 radical (unpaired) electrons. The molecular weight excluding hydrogens is 887 g/mol. The van der Waals surface area contributed by atoms with Crippen molar-refractivity contribution < 1.29 is 42.9 Å². The molecule has 0 heterocycles. The van der Waals surface area contributed by atoms with E-state index >= 15 is 0 Å². The molecule has 9 heteroatoms. The fraction of sp³-hybridized carbons (Fsp3) is 0.823. The molecule has 0 spiro atoms. The molecule has 0 aromatic carbocycles. The molecule has 0 fully saturated rings. The normalized spacial score (nSPS) is 13.1. The van der Waals surface area contributed by atoms with E-state index in [2.05, 4.69) is 62.5 Å². The van der Waals surface area contributed by atoms with Gasteiger partial charge in [0.05, 0.1) is 34.4 Å². The average molecular weight is 1000 g/mol. The van der Waals surface area contributed by atoms with Crippen LogP contribution in [0.4, 0.5) is 0 Å². The van der Waals surface area contributed by atoms with Crippen LogP contribution in [-0.2, 0) is 33.3 Å². The summed E-state index contributed by atoms with van der Waals surface area (Å²) in [5.41, 5.74) is 0. The van der Waals surface area contributed by atoms with E-state index in [0.717, 1.165) is 64.2 Å². The highest BCUT2D eigenvalue weighted by molar-refractivity contribution is 5.71. The number of carboxylic acids is 1. The Balaban J connectivity index is 4.13. The number of carbonyl (C=O) groups excluding carboxylic acids is 2. The SMILES string of the molecule is CC/C=C\C/C=C\C/C=C\CCCCCCCCCC(=O)OC(COC(=O)CCCCCCCCCCCCCCCCCCC/C=C\CCCCCCCCCC)COC(OCC[N+](C)(C)C)C(=O)O. The lowest BCUT2D eigenvalue weighted by Crippen LogP contribution is -2.40. The molecule has 0 saturated carbocycles. The summed E-state index contributed by atoms with van der Waals surface area (Å²) in [4.78, 5) is 37.4. The van der Waals surface area contributed by atoms with Gasteiger partial charge in [-0.2, -0.15) is 0 Å². The second-order valence-corrected chi connectivity index (χ2v) is 21.3. The van der Waals surface area contributed by atoms with Crippen molar-refractivity contribution in [1.82, 2.24) is 0 Å². The monoisotopic (exact) mass is 1000 g/mol. The smallest absolute Gasteiger partial charge is 0.361 e. The fourth-order valence-corrected chi connectivity index (χ4v) is 8.49. The predicted octanol–water partition coefficient (Wildman–Crippen LogP) is 17.5. The lowest BCUT2D eigenvalue weighted by Gasteiger charge is -2.25. The highest BCUT2D eigenvalue weighted by atomic mass is 16.7. The number of nitrogens with zero attached hydrogens (tertiary/aromatic N) is 1. The van der Waals surface area contributed by atoms with Crippen LogP contribution in [0.1, 0.15) is 271 Å². The van der Waals surface area contributed by atoms with Crippen LogP contribution in [-0.4, -0.2) is 87.4 Å². The highest BCUT2D eigenvalue weighted by Crippen LogP contribution is 2.17. The van der Waals surface area contributed by atoms with Crippen molar-refractivity contribution in [3.05, 3.63) is 48.6 Å². The van der Waals surface area contributed by atoms with Gasteiger partial charge in [-0.25, -0.2) is 4.79 Å². The van der Waals surface area contributed by atoms with Crippen molar-refractivity contribution in [2.75, 3.05) is 47.5 Å². The summed E-state index contributed by atoms with van der Waals surface area (Å²) in [5.74, 6) is -2.01. The fourth-order valence-electron chi connectivity index (χ4n) is 8.49. The van der Waals surface area contributed by atoms with Gasteiger partial charge in [0, 0.05) is 12.8 Å². The Morgan fingerprint density at radius 2 is 0.803 bits per heavy atom. The van der Waals surface area contributed by atoms with E-state index in [4.69, 9.17) is 18.9 Å². The number of allylic oxidation sites excluding steroid dienone is 8. The first-order chi connectivity index (χ1) is 34.6. The molecule has 414 valence electrons. The van der Waals surface area contributed by atoms with Gasteiger partial charge in [-0.05, 0) is 70.6 Å².